The zero-order valence-electron chi connectivity index (χ0n) is 27.4. The summed E-state index contributed by atoms with van der Waals surface area (Å²) in [5, 5.41) is 19.0. The van der Waals surface area contributed by atoms with Gasteiger partial charge in [0.05, 0.1) is 0 Å². The second kappa shape index (κ2) is 14.5. The van der Waals surface area contributed by atoms with E-state index in [0.717, 1.165) is 32.1 Å². The van der Waals surface area contributed by atoms with Crippen LogP contribution in [-0.2, 0) is 0 Å². The summed E-state index contributed by atoms with van der Waals surface area (Å²) in [6.45, 7) is 2.75. The number of likely N-dealkylation sites (tertiary alicyclic amines) is 2. The van der Waals surface area contributed by atoms with Crippen LogP contribution in [-0.4, -0.2) is 68.4 Å². The van der Waals surface area contributed by atoms with Crippen LogP contribution in [0.25, 0.3) is 44.1 Å². The van der Waals surface area contributed by atoms with Gasteiger partial charge in [-0.15, -0.1) is 0 Å². The fourth-order valence-corrected chi connectivity index (χ4v) is 6.41. The standard InChI is InChI=1S/C19H18F2N4O.C18H16F2N4O/c20-15-13(12-7-3-1-4-8-12)11-14-17(16(15)21)23-24-18(14)22-19(26)25-9-5-2-6-10-25;19-14-12(11-6-2-1-3-7-11)10-13-16(15(14)20)22-23-17(13)21-18(25)24-8-4-5-9-24/h1,3-4,7-8,11H,2,5-6,9-10H2,(H2,22,23,24,26);1-3,6-7,10H,4-5,8-9H2,(H2,21,22,23,25). The number of rotatable bonds is 4. The van der Waals surface area contributed by atoms with E-state index in [4.69, 9.17) is 0 Å². The van der Waals surface area contributed by atoms with E-state index in [-0.39, 0.29) is 45.9 Å². The van der Waals surface area contributed by atoms with Crippen LogP contribution >= 0.6 is 0 Å². The Kier molecular flexibility index (Phi) is 9.55. The van der Waals surface area contributed by atoms with Gasteiger partial charge >= 0.3 is 12.1 Å². The van der Waals surface area contributed by atoms with Crippen LogP contribution in [0.5, 0.6) is 0 Å². The third kappa shape index (κ3) is 6.81. The number of fused-ring (bicyclic) bond motifs is 2. The van der Waals surface area contributed by atoms with Crippen molar-refractivity contribution in [2.75, 3.05) is 36.8 Å². The summed E-state index contributed by atoms with van der Waals surface area (Å²) in [5.41, 5.74) is 1.25. The Morgan fingerprint density at radius 3 is 1.31 bits per heavy atom. The Bertz CT molecular complexity index is 2200. The van der Waals surface area contributed by atoms with Crippen LogP contribution in [0.1, 0.15) is 32.1 Å². The molecule has 6 aromatic rings. The van der Waals surface area contributed by atoms with Crippen molar-refractivity contribution >= 4 is 45.5 Å². The molecule has 4 aromatic carbocycles. The number of anilines is 2. The largest absolute Gasteiger partial charge is 0.324 e. The minimum absolute atomic E-state index is 0.0591. The molecule has 2 aliphatic rings. The van der Waals surface area contributed by atoms with Crippen molar-refractivity contribution in [3.8, 4) is 22.3 Å². The third-order valence-corrected chi connectivity index (χ3v) is 9.14. The van der Waals surface area contributed by atoms with Crippen LogP contribution in [0.2, 0.25) is 0 Å². The fourth-order valence-electron chi connectivity index (χ4n) is 6.41. The van der Waals surface area contributed by atoms with Crippen LogP contribution in [0, 0.1) is 23.3 Å². The van der Waals surface area contributed by atoms with Gasteiger partial charge in [-0.3, -0.25) is 20.8 Å². The number of aromatic nitrogens is 4. The number of hydrogen-bond donors (Lipinski definition) is 4. The van der Waals surface area contributed by atoms with Crippen LogP contribution in [0.3, 0.4) is 0 Å². The van der Waals surface area contributed by atoms with E-state index in [9.17, 15) is 27.2 Å². The molecule has 0 radical (unpaired) electrons. The molecule has 2 aliphatic heterocycles. The Labute approximate surface area is 289 Å². The SMILES string of the molecule is O=C(Nc1n[nH]c2c(F)c(F)c(-c3ccccc3)cc12)N1CCCC1.O=C(Nc1n[nH]c2c(F)c(F)c(-c3ccccc3)cc12)N1CCCCC1. The maximum Gasteiger partial charge on any atom is 0.323 e. The molecule has 4 heterocycles. The number of carbonyl (C=O) groups excluding carboxylic acids is 2. The topological polar surface area (TPSA) is 122 Å². The van der Waals surface area contributed by atoms with E-state index in [2.05, 4.69) is 31.0 Å². The van der Waals surface area contributed by atoms with Crippen LogP contribution in [0.15, 0.2) is 72.8 Å². The summed E-state index contributed by atoms with van der Waals surface area (Å²) in [7, 11) is 0. The summed E-state index contributed by atoms with van der Waals surface area (Å²) < 4.78 is 57.8. The molecule has 0 aliphatic carbocycles. The highest BCUT2D eigenvalue weighted by atomic mass is 19.2. The highest BCUT2D eigenvalue weighted by molar-refractivity contribution is 6.02. The Hall–Kier alpha value is -5.92. The van der Waals surface area contributed by atoms with Gasteiger partial charge in [-0.1, -0.05) is 60.7 Å². The molecule has 0 spiro atoms. The molecule has 4 N–H and O–H groups in total. The van der Waals surface area contributed by atoms with E-state index in [1.54, 1.807) is 70.5 Å². The number of urea groups is 2. The van der Waals surface area contributed by atoms with Gasteiger partial charge in [0.25, 0.3) is 0 Å². The molecule has 10 nitrogen and oxygen atoms in total. The van der Waals surface area contributed by atoms with Crippen LogP contribution in [0.4, 0.5) is 38.8 Å². The lowest BCUT2D eigenvalue weighted by Crippen LogP contribution is -2.38. The van der Waals surface area contributed by atoms with Gasteiger partial charge in [-0.2, -0.15) is 10.2 Å². The number of H-pyrrole nitrogens is 2. The molecular formula is C37H34F4N8O2. The van der Waals surface area contributed by atoms with Crippen molar-refractivity contribution in [1.29, 1.82) is 0 Å². The second-order valence-corrected chi connectivity index (χ2v) is 12.4. The van der Waals surface area contributed by atoms with Crippen molar-refractivity contribution in [3.05, 3.63) is 96.1 Å². The van der Waals surface area contributed by atoms with Crippen molar-refractivity contribution in [2.45, 2.75) is 32.1 Å². The third-order valence-electron chi connectivity index (χ3n) is 9.14. The first-order valence-corrected chi connectivity index (χ1v) is 16.7. The maximum atomic E-state index is 14.5. The van der Waals surface area contributed by atoms with E-state index >= 15 is 0 Å². The molecular weight excluding hydrogens is 664 g/mol. The van der Waals surface area contributed by atoms with Gasteiger partial charge in [0.2, 0.25) is 0 Å². The highest BCUT2D eigenvalue weighted by Gasteiger charge is 2.24. The summed E-state index contributed by atoms with van der Waals surface area (Å²) >= 11 is 0. The predicted molar refractivity (Wildman–Crippen MR) is 187 cm³/mol. The van der Waals surface area contributed by atoms with Crippen molar-refractivity contribution < 1.29 is 27.2 Å². The monoisotopic (exact) mass is 698 g/mol. The number of aromatic amines is 2. The van der Waals surface area contributed by atoms with E-state index < -0.39 is 23.3 Å². The number of piperidine rings is 1. The highest BCUT2D eigenvalue weighted by Crippen LogP contribution is 2.34. The number of benzene rings is 4. The molecule has 8 rings (SSSR count). The molecule has 14 heteroatoms. The smallest absolute Gasteiger partial charge is 0.323 e. The van der Waals surface area contributed by atoms with E-state index in [0.29, 0.717) is 48.1 Å². The van der Waals surface area contributed by atoms with Gasteiger partial charge in [-0.25, -0.2) is 27.2 Å². The van der Waals surface area contributed by atoms with Crippen molar-refractivity contribution in [3.63, 3.8) is 0 Å². The molecule has 0 bridgehead atoms. The second-order valence-electron chi connectivity index (χ2n) is 12.4. The molecule has 2 fully saturated rings. The molecule has 51 heavy (non-hydrogen) atoms. The molecule has 2 aromatic heterocycles. The van der Waals surface area contributed by atoms with Gasteiger partial charge in [-0.05, 0) is 55.4 Å². The first-order chi connectivity index (χ1) is 24.8. The summed E-state index contributed by atoms with van der Waals surface area (Å²) in [4.78, 5) is 28.1. The number of nitrogens with one attached hydrogen (secondary N) is 4. The van der Waals surface area contributed by atoms with E-state index in [1.165, 1.54) is 12.1 Å². The lowest BCUT2D eigenvalue weighted by Gasteiger charge is -2.26. The summed E-state index contributed by atoms with van der Waals surface area (Å²) in [6.07, 6.45) is 4.97. The normalized spacial score (nSPS) is 14.4. The average molecular weight is 699 g/mol. The first-order valence-electron chi connectivity index (χ1n) is 16.7. The number of carbonyl (C=O) groups is 2. The average Bonchev–Trinajstić information content (AvgIpc) is 3.94. The Balaban J connectivity index is 0.000000159. The fraction of sp³-hybridized carbons (Fsp3) is 0.243. The lowest BCUT2D eigenvalue weighted by molar-refractivity contribution is 0.200. The molecule has 262 valence electrons. The first kappa shape index (κ1) is 33.6. The quantitative estimate of drug-likeness (QED) is 0.138. The zero-order valence-corrected chi connectivity index (χ0v) is 27.4. The molecule has 4 amide bonds. The number of halogens is 4. The van der Waals surface area contributed by atoms with Gasteiger partial charge < -0.3 is 9.80 Å². The zero-order chi connectivity index (χ0) is 35.5. The van der Waals surface area contributed by atoms with Crippen molar-refractivity contribution in [2.24, 2.45) is 0 Å². The molecule has 0 saturated carbocycles. The molecule has 0 atom stereocenters. The number of hydrogen-bond acceptors (Lipinski definition) is 4. The Morgan fingerprint density at radius 2 is 0.922 bits per heavy atom. The summed E-state index contributed by atoms with van der Waals surface area (Å²) in [5.74, 6) is -3.51. The maximum absolute atomic E-state index is 14.5. The van der Waals surface area contributed by atoms with E-state index in [1.807, 2.05) is 0 Å². The minimum Gasteiger partial charge on any atom is -0.324 e. The lowest BCUT2D eigenvalue weighted by atomic mass is 10.0. The van der Waals surface area contributed by atoms with Crippen molar-refractivity contribution in [1.82, 2.24) is 30.2 Å². The molecule has 2 saturated heterocycles. The summed E-state index contributed by atoms with van der Waals surface area (Å²) in [6, 6.07) is 19.9. The van der Waals surface area contributed by atoms with Gasteiger partial charge in [0, 0.05) is 48.1 Å². The molecule has 0 unspecified atom stereocenters. The predicted octanol–water partition coefficient (Wildman–Crippen LogP) is 8.66. The minimum atomic E-state index is -1.01. The van der Waals surface area contributed by atoms with Gasteiger partial charge in [0.1, 0.15) is 11.0 Å². The Morgan fingerprint density at radius 1 is 0.549 bits per heavy atom. The number of nitrogens with zero attached hydrogens (tertiary/aromatic N) is 4. The van der Waals surface area contributed by atoms with Gasteiger partial charge in [0.15, 0.2) is 34.9 Å². The van der Waals surface area contributed by atoms with Crippen LogP contribution < -0.4 is 10.6 Å². The number of amides is 4.